The lowest BCUT2D eigenvalue weighted by atomic mass is 10.3. The summed E-state index contributed by atoms with van der Waals surface area (Å²) in [5.74, 6) is -1.23. The SMILES string of the molecule is COC(=O)CSc1c(N)cc(N)c(Cl)c1F. The second-order valence-electron chi connectivity index (χ2n) is 2.88. The summed E-state index contributed by atoms with van der Waals surface area (Å²) in [4.78, 5) is 11.0. The number of carbonyl (C=O) groups is 1. The fourth-order valence-corrected chi connectivity index (χ4v) is 2.03. The maximum absolute atomic E-state index is 13.6. The van der Waals surface area contributed by atoms with Crippen LogP contribution in [0.4, 0.5) is 15.8 Å². The number of nitrogens with two attached hydrogens (primary N) is 2. The van der Waals surface area contributed by atoms with Crippen molar-refractivity contribution in [2.45, 2.75) is 4.90 Å². The average Bonchev–Trinajstić information content (AvgIpc) is 2.25. The van der Waals surface area contributed by atoms with Crippen LogP contribution in [0.2, 0.25) is 5.02 Å². The van der Waals surface area contributed by atoms with Crippen LogP contribution >= 0.6 is 23.4 Å². The minimum Gasteiger partial charge on any atom is -0.468 e. The molecule has 0 spiro atoms. The van der Waals surface area contributed by atoms with Gasteiger partial charge in [0, 0.05) is 0 Å². The number of methoxy groups -OCH3 is 1. The number of nitrogen functional groups attached to an aromatic ring is 2. The van der Waals surface area contributed by atoms with Crippen LogP contribution in [0.3, 0.4) is 0 Å². The van der Waals surface area contributed by atoms with E-state index in [0.29, 0.717) is 0 Å². The molecule has 0 unspecified atom stereocenters. The van der Waals surface area contributed by atoms with E-state index < -0.39 is 11.8 Å². The second kappa shape index (κ2) is 5.27. The number of esters is 1. The Morgan fingerprint density at radius 3 is 2.75 bits per heavy atom. The van der Waals surface area contributed by atoms with Crippen molar-refractivity contribution in [2.75, 3.05) is 24.3 Å². The molecule has 0 fully saturated rings. The molecule has 0 aliphatic heterocycles. The van der Waals surface area contributed by atoms with Crippen molar-refractivity contribution in [1.82, 2.24) is 0 Å². The van der Waals surface area contributed by atoms with Crippen molar-refractivity contribution in [3.63, 3.8) is 0 Å². The summed E-state index contributed by atoms with van der Waals surface area (Å²) < 4.78 is 18.0. The van der Waals surface area contributed by atoms with Crippen molar-refractivity contribution in [3.05, 3.63) is 16.9 Å². The lowest BCUT2D eigenvalue weighted by molar-refractivity contribution is -0.137. The molecule has 0 aliphatic rings. The summed E-state index contributed by atoms with van der Waals surface area (Å²) in [6, 6.07) is 1.35. The number of hydrogen-bond acceptors (Lipinski definition) is 5. The molecule has 0 heterocycles. The highest BCUT2D eigenvalue weighted by atomic mass is 35.5. The first-order valence-electron chi connectivity index (χ1n) is 4.20. The van der Waals surface area contributed by atoms with Crippen molar-refractivity contribution in [3.8, 4) is 0 Å². The molecule has 0 saturated heterocycles. The molecule has 1 rings (SSSR count). The van der Waals surface area contributed by atoms with E-state index in [1.54, 1.807) is 0 Å². The van der Waals surface area contributed by atoms with Crippen molar-refractivity contribution in [2.24, 2.45) is 0 Å². The topological polar surface area (TPSA) is 78.3 Å². The molecule has 0 amide bonds. The van der Waals surface area contributed by atoms with Gasteiger partial charge in [0.05, 0.1) is 29.1 Å². The molecule has 1 aromatic rings. The number of halogens is 2. The van der Waals surface area contributed by atoms with Crippen molar-refractivity contribution in [1.29, 1.82) is 0 Å². The molecule has 0 aromatic heterocycles. The van der Waals surface area contributed by atoms with Crippen LogP contribution < -0.4 is 11.5 Å². The lowest BCUT2D eigenvalue weighted by Crippen LogP contribution is -2.05. The van der Waals surface area contributed by atoms with Gasteiger partial charge in [0.2, 0.25) is 0 Å². The number of rotatable bonds is 3. The Labute approximate surface area is 101 Å². The summed E-state index contributed by atoms with van der Waals surface area (Å²) in [6.07, 6.45) is 0. The van der Waals surface area contributed by atoms with E-state index in [1.165, 1.54) is 13.2 Å². The fraction of sp³-hybridized carbons (Fsp3) is 0.222. The first kappa shape index (κ1) is 12.9. The van der Waals surface area contributed by atoms with Crippen LogP contribution in [0.15, 0.2) is 11.0 Å². The molecule has 16 heavy (non-hydrogen) atoms. The molecular weight excluding hydrogens is 255 g/mol. The summed E-state index contributed by atoms with van der Waals surface area (Å²) in [6.45, 7) is 0. The van der Waals surface area contributed by atoms with E-state index in [0.717, 1.165) is 11.8 Å². The predicted octanol–water partition coefficient (Wildman–Crippen LogP) is 1.91. The molecule has 0 atom stereocenters. The van der Waals surface area contributed by atoms with Gasteiger partial charge in [-0.3, -0.25) is 4.79 Å². The Morgan fingerprint density at radius 1 is 1.56 bits per heavy atom. The summed E-state index contributed by atoms with van der Waals surface area (Å²) in [5, 5.41) is -0.193. The molecule has 0 radical (unpaired) electrons. The minimum absolute atomic E-state index is 0.0438. The van der Waals surface area contributed by atoms with Gasteiger partial charge >= 0.3 is 5.97 Å². The number of hydrogen-bond donors (Lipinski definition) is 2. The third-order valence-electron chi connectivity index (χ3n) is 1.78. The monoisotopic (exact) mass is 264 g/mol. The van der Waals surface area contributed by atoms with Gasteiger partial charge in [-0.1, -0.05) is 11.6 Å². The first-order chi connectivity index (χ1) is 7.47. The quantitative estimate of drug-likeness (QED) is 0.495. The minimum atomic E-state index is -0.715. The highest BCUT2D eigenvalue weighted by Gasteiger charge is 2.16. The Hall–Kier alpha value is -1.14. The van der Waals surface area contributed by atoms with Crippen molar-refractivity contribution < 1.29 is 13.9 Å². The van der Waals surface area contributed by atoms with Gasteiger partial charge in [-0.15, -0.1) is 11.8 Å². The second-order valence-corrected chi connectivity index (χ2v) is 4.24. The van der Waals surface area contributed by atoms with Gasteiger partial charge in [-0.25, -0.2) is 4.39 Å². The van der Waals surface area contributed by atoms with Gasteiger partial charge in [-0.2, -0.15) is 0 Å². The van der Waals surface area contributed by atoms with Gasteiger partial charge < -0.3 is 16.2 Å². The standard InChI is InChI=1S/C9H10ClFN2O2S/c1-15-6(14)3-16-9-5(13)2-4(12)7(10)8(9)11/h2H,3,12-13H2,1H3. The van der Waals surface area contributed by atoms with Crippen LogP contribution in [-0.4, -0.2) is 18.8 Å². The Balaban J connectivity index is 2.96. The third kappa shape index (κ3) is 2.70. The number of thioether (sulfide) groups is 1. The molecule has 1 aromatic carbocycles. The highest BCUT2D eigenvalue weighted by molar-refractivity contribution is 8.00. The zero-order chi connectivity index (χ0) is 12.3. The van der Waals surface area contributed by atoms with Gasteiger partial charge in [0.25, 0.3) is 0 Å². The lowest BCUT2D eigenvalue weighted by Gasteiger charge is -2.09. The van der Waals surface area contributed by atoms with Gasteiger partial charge in [0.1, 0.15) is 5.02 Å². The smallest absolute Gasteiger partial charge is 0.315 e. The van der Waals surface area contributed by atoms with E-state index in [-0.39, 0.29) is 27.0 Å². The Bertz CT molecular complexity index is 428. The van der Waals surface area contributed by atoms with Gasteiger partial charge in [-0.05, 0) is 6.07 Å². The summed E-state index contributed by atoms with van der Waals surface area (Å²) >= 11 is 6.53. The van der Waals surface area contributed by atoms with Crippen LogP contribution in [-0.2, 0) is 9.53 Å². The number of carbonyl (C=O) groups excluding carboxylic acids is 1. The zero-order valence-corrected chi connectivity index (χ0v) is 9.99. The van der Waals surface area contributed by atoms with Crippen LogP contribution in [0, 0.1) is 5.82 Å². The summed E-state index contributed by atoms with van der Waals surface area (Å²) in [7, 11) is 1.25. The van der Waals surface area contributed by atoms with E-state index in [9.17, 15) is 9.18 Å². The largest absolute Gasteiger partial charge is 0.468 e. The van der Waals surface area contributed by atoms with E-state index >= 15 is 0 Å². The van der Waals surface area contributed by atoms with Crippen LogP contribution in [0.5, 0.6) is 0 Å². The third-order valence-corrected chi connectivity index (χ3v) is 3.25. The Kier molecular flexibility index (Phi) is 4.26. The summed E-state index contributed by atoms with van der Waals surface area (Å²) in [5.41, 5.74) is 11.2. The maximum Gasteiger partial charge on any atom is 0.315 e. The molecule has 4 nitrogen and oxygen atoms in total. The fourth-order valence-electron chi connectivity index (χ4n) is 0.986. The van der Waals surface area contributed by atoms with Gasteiger partial charge in [0.15, 0.2) is 5.82 Å². The molecule has 0 aliphatic carbocycles. The molecule has 7 heteroatoms. The number of anilines is 2. The highest BCUT2D eigenvalue weighted by Crippen LogP contribution is 2.36. The number of benzene rings is 1. The maximum atomic E-state index is 13.6. The molecule has 4 N–H and O–H groups in total. The first-order valence-corrected chi connectivity index (χ1v) is 5.56. The zero-order valence-electron chi connectivity index (χ0n) is 8.42. The average molecular weight is 265 g/mol. The molecular formula is C9H10ClFN2O2S. The number of ether oxygens (including phenoxy) is 1. The normalized spacial score (nSPS) is 10.2. The predicted molar refractivity (Wildman–Crippen MR) is 63.0 cm³/mol. The van der Waals surface area contributed by atoms with E-state index in [4.69, 9.17) is 23.1 Å². The molecule has 88 valence electrons. The van der Waals surface area contributed by atoms with Crippen molar-refractivity contribution >= 4 is 40.7 Å². The molecule has 0 bridgehead atoms. The van der Waals surface area contributed by atoms with E-state index in [1.807, 2.05) is 0 Å². The van der Waals surface area contributed by atoms with E-state index in [2.05, 4.69) is 4.74 Å². The van der Waals surface area contributed by atoms with Crippen LogP contribution in [0.25, 0.3) is 0 Å². The molecule has 0 saturated carbocycles. The van der Waals surface area contributed by atoms with Crippen LogP contribution in [0.1, 0.15) is 0 Å². The Morgan fingerprint density at radius 2 is 2.19 bits per heavy atom.